The van der Waals surface area contributed by atoms with Crippen molar-refractivity contribution in [1.82, 2.24) is 0 Å². The summed E-state index contributed by atoms with van der Waals surface area (Å²) >= 11 is 0. The molecule has 0 N–H and O–H groups in total. The van der Waals surface area contributed by atoms with Crippen LogP contribution in [0.5, 0.6) is 0 Å². The van der Waals surface area contributed by atoms with Crippen LogP contribution in [-0.4, -0.2) is 31.4 Å². The van der Waals surface area contributed by atoms with Gasteiger partial charge in [0.15, 0.2) is 16.0 Å². The van der Waals surface area contributed by atoms with Crippen molar-refractivity contribution in [2.24, 2.45) is 5.41 Å². The van der Waals surface area contributed by atoms with Crippen LogP contribution in [0.4, 0.5) is 0 Å². The maximum absolute atomic E-state index is 13.7. The van der Waals surface area contributed by atoms with Crippen LogP contribution in [0.1, 0.15) is 65.0 Å². The standard InChI is InChI=1S/C40H45O5S/c1-7-40(6,26-43-8-2)45-37(41)25-44-34-24-39(5,22-14-18-31(34)29-15-10-9-11-16-29)27-46-35-19-13-12-17-32(35)38(42)33-23-30(28(3)4)20-21-36(33)46/h9-24,28H,7-8,25-27H2,1-6H3/q+1. The third-order valence-electron chi connectivity index (χ3n) is 8.65. The summed E-state index contributed by atoms with van der Waals surface area (Å²) in [5.74, 6) is 1.24. The molecule has 1 aliphatic carbocycles. The molecule has 6 heteroatoms. The van der Waals surface area contributed by atoms with Gasteiger partial charge in [-0.2, -0.15) is 0 Å². The second kappa shape index (κ2) is 14.2. The Morgan fingerprint density at radius 3 is 2.39 bits per heavy atom. The Morgan fingerprint density at radius 2 is 1.67 bits per heavy atom. The van der Waals surface area contributed by atoms with Gasteiger partial charge in [0.1, 0.15) is 17.1 Å². The van der Waals surface area contributed by atoms with Crippen molar-refractivity contribution in [1.29, 1.82) is 0 Å². The Balaban J connectivity index is 1.55. The van der Waals surface area contributed by atoms with E-state index in [1.54, 1.807) is 0 Å². The minimum absolute atomic E-state index is 0.0907. The van der Waals surface area contributed by atoms with E-state index in [4.69, 9.17) is 14.2 Å². The number of hydrogen-bond acceptors (Lipinski definition) is 5. The molecule has 0 amide bonds. The first-order valence-corrected chi connectivity index (χ1v) is 17.5. The van der Waals surface area contributed by atoms with E-state index in [2.05, 4.69) is 63.3 Å². The van der Waals surface area contributed by atoms with E-state index < -0.39 is 17.0 Å². The van der Waals surface area contributed by atoms with Crippen LogP contribution in [0.15, 0.2) is 108 Å². The van der Waals surface area contributed by atoms with Crippen LogP contribution in [0, 0.1) is 5.41 Å². The average Bonchev–Trinajstić information content (AvgIpc) is 3.23. The molecule has 4 aromatic rings. The van der Waals surface area contributed by atoms with Crippen molar-refractivity contribution in [3.8, 4) is 0 Å². The first kappa shape index (κ1) is 33.4. The van der Waals surface area contributed by atoms with Crippen molar-refractivity contribution >= 4 is 42.2 Å². The van der Waals surface area contributed by atoms with Crippen molar-refractivity contribution in [3.63, 3.8) is 0 Å². The first-order chi connectivity index (χ1) is 22.1. The van der Waals surface area contributed by atoms with Gasteiger partial charge in [-0.15, -0.1) is 0 Å². The molecular weight excluding hydrogens is 593 g/mol. The Kier molecular flexibility index (Phi) is 10.3. The Hall–Kier alpha value is -4.00. The molecule has 0 fully saturated rings. The average molecular weight is 638 g/mol. The molecule has 0 aliphatic heterocycles. The fourth-order valence-electron chi connectivity index (χ4n) is 5.80. The zero-order chi connectivity index (χ0) is 32.9. The topological polar surface area (TPSA) is 61.8 Å². The van der Waals surface area contributed by atoms with Gasteiger partial charge in [-0.25, -0.2) is 4.79 Å². The lowest BCUT2D eigenvalue weighted by Gasteiger charge is -2.28. The van der Waals surface area contributed by atoms with E-state index in [0.717, 1.165) is 42.6 Å². The number of benzene rings is 3. The quantitative estimate of drug-likeness (QED) is 0.0880. The molecule has 46 heavy (non-hydrogen) atoms. The molecule has 5 rings (SSSR count). The van der Waals surface area contributed by atoms with Crippen molar-refractivity contribution in [2.75, 3.05) is 19.8 Å². The summed E-state index contributed by atoms with van der Waals surface area (Å²) in [6.45, 7) is 13.0. The number of carbonyl (C=O) groups is 1. The minimum atomic E-state index is -0.724. The zero-order valence-corrected chi connectivity index (χ0v) is 28.6. The predicted molar refractivity (Wildman–Crippen MR) is 191 cm³/mol. The molecule has 240 valence electrons. The highest BCUT2D eigenvalue weighted by Gasteiger charge is 2.33. The molecule has 1 heterocycles. The number of allylic oxidation sites excluding steroid dienone is 5. The molecule has 0 bridgehead atoms. The number of fused-ring (bicyclic) bond motifs is 2. The summed E-state index contributed by atoms with van der Waals surface area (Å²) in [5.41, 5.74) is 1.96. The molecule has 3 aromatic carbocycles. The highest BCUT2D eigenvalue weighted by molar-refractivity contribution is 7.41. The van der Waals surface area contributed by atoms with Crippen LogP contribution in [0.2, 0.25) is 0 Å². The monoisotopic (exact) mass is 637 g/mol. The number of ether oxygens (including phenoxy) is 3. The molecule has 1 aliphatic rings. The number of rotatable bonds is 12. The van der Waals surface area contributed by atoms with E-state index in [1.165, 1.54) is 0 Å². The maximum atomic E-state index is 13.7. The number of hydrogen-bond donors (Lipinski definition) is 0. The second-order valence-electron chi connectivity index (χ2n) is 12.8. The smallest absolute Gasteiger partial charge is 0.344 e. The summed E-state index contributed by atoms with van der Waals surface area (Å²) < 4.78 is 19.9. The van der Waals surface area contributed by atoms with Gasteiger partial charge in [-0.1, -0.05) is 87.5 Å². The van der Waals surface area contributed by atoms with E-state index in [-0.39, 0.29) is 22.5 Å². The van der Waals surface area contributed by atoms with Crippen LogP contribution in [0.25, 0.3) is 25.7 Å². The summed E-state index contributed by atoms with van der Waals surface area (Å²) in [4.78, 5) is 26.8. The fraction of sp³-hybridized carbons (Fsp3) is 0.350. The third kappa shape index (κ3) is 7.35. The van der Waals surface area contributed by atoms with Crippen molar-refractivity contribution < 1.29 is 19.0 Å². The third-order valence-corrected chi connectivity index (χ3v) is 11.3. The highest BCUT2D eigenvalue weighted by atomic mass is 32.2. The van der Waals surface area contributed by atoms with Crippen LogP contribution in [0.3, 0.4) is 0 Å². The first-order valence-electron chi connectivity index (χ1n) is 16.2. The zero-order valence-electron chi connectivity index (χ0n) is 27.8. The van der Waals surface area contributed by atoms with Gasteiger partial charge in [0.05, 0.1) is 22.8 Å². The summed E-state index contributed by atoms with van der Waals surface area (Å²) in [7, 11) is -0.384. The second-order valence-corrected chi connectivity index (χ2v) is 14.7. The molecular formula is C40H45O5S+. The Morgan fingerprint density at radius 1 is 0.957 bits per heavy atom. The van der Waals surface area contributed by atoms with E-state index in [9.17, 15) is 9.59 Å². The largest absolute Gasteiger partial charge is 0.482 e. The van der Waals surface area contributed by atoms with Crippen molar-refractivity contribution in [2.45, 2.75) is 65.2 Å². The Bertz CT molecular complexity index is 1870. The van der Waals surface area contributed by atoms with Crippen LogP contribution in [-0.2, 0) is 24.8 Å². The minimum Gasteiger partial charge on any atom is -0.482 e. The molecule has 3 unspecified atom stereocenters. The van der Waals surface area contributed by atoms with Crippen LogP contribution >= 0.6 is 10.5 Å². The van der Waals surface area contributed by atoms with Crippen molar-refractivity contribution in [3.05, 3.63) is 124 Å². The van der Waals surface area contributed by atoms with Gasteiger partial charge in [-0.3, -0.25) is 4.79 Å². The van der Waals surface area contributed by atoms with Gasteiger partial charge in [0, 0.05) is 12.2 Å². The van der Waals surface area contributed by atoms with Gasteiger partial charge < -0.3 is 14.2 Å². The molecule has 0 spiro atoms. The van der Waals surface area contributed by atoms with Gasteiger partial charge in [0.25, 0.3) is 0 Å². The summed E-state index contributed by atoms with van der Waals surface area (Å²) in [6, 6.07) is 24.5. The maximum Gasteiger partial charge on any atom is 0.344 e. The van der Waals surface area contributed by atoms with Gasteiger partial charge >= 0.3 is 5.97 Å². The van der Waals surface area contributed by atoms with E-state index in [1.807, 2.05) is 75.4 Å². The number of esters is 1. The van der Waals surface area contributed by atoms with Crippen LogP contribution < -0.4 is 5.43 Å². The highest BCUT2D eigenvalue weighted by Crippen LogP contribution is 2.45. The molecule has 0 saturated carbocycles. The fourth-order valence-corrected chi connectivity index (χ4v) is 8.47. The van der Waals surface area contributed by atoms with E-state index in [0.29, 0.717) is 31.3 Å². The van der Waals surface area contributed by atoms with Gasteiger partial charge in [-0.05, 0) is 85.0 Å². The SMILES string of the molecule is CCOCC(C)(CC)OC(=O)COC1=CC(C)(C[s+]2c3ccccc3c(=O)c3cc(C(C)C)ccc32)C=CC=C1c1ccccc1. The molecule has 0 radical (unpaired) electrons. The lowest BCUT2D eigenvalue weighted by Crippen LogP contribution is -2.37. The Labute approximate surface area is 275 Å². The van der Waals surface area contributed by atoms with E-state index >= 15 is 0 Å². The molecule has 5 nitrogen and oxygen atoms in total. The molecule has 0 saturated heterocycles. The summed E-state index contributed by atoms with van der Waals surface area (Å²) in [5, 5.41) is 1.57. The number of carbonyl (C=O) groups excluding carboxylic acids is 1. The predicted octanol–water partition coefficient (Wildman–Crippen LogP) is 9.53. The lowest BCUT2D eigenvalue weighted by molar-refractivity contribution is -0.168. The molecule has 3 atom stereocenters. The summed E-state index contributed by atoms with van der Waals surface area (Å²) in [6.07, 6.45) is 9.10. The lowest BCUT2D eigenvalue weighted by atomic mass is 9.91. The molecule has 1 aromatic heterocycles. The normalized spacial score (nSPS) is 18.2. The van der Waals surface area contributed by atoms with Gasteiger partial charge in [0.2, 0.25) is 5.43 Å².